The van der Waals surface area contributed by atoms with Crippen molar-refractivity contribution < 1.29 is 54.0 Å². The molecule has 0 saturated carbocycles. The lowest BCUT2D eigenvalue weighted by Gasteiger charge is -2.39. The van der Waals surface area contributed by atoms with E-state index in [0.29, 0.717) is 17.2 Å². The monoisotopic (exact) mass is 494 g/mol. The van der Waals surface area contributed by atoms with Crippen LogP contribution in [0.5, 0.6) is 28.7 Å². The molecule has 1 aliphatic rings. The van der Waals surface area contributed by atoms with Crippen LogP contribution in [0.3, 0.4) is 0 Å². The van der Waals surface area contributed by atoms with Gasteiger partial charge >= 0.3 is 0 Å². The third-order valence-corrected chi connectivity index (χ3v) is 5.74. The molecule has 5 atom stereocenters. The fraction of sp³-hybridized carbons (Fsp3) is 0.458. The summed E-state index contributed by atoms with van der Waals surface area (Å²) in [6, 6.07) is 7.57. The van der Waals surface area contributed by atoms with Gasteiger partial charge in [-0.15, -0.1) is 0 Å². The van der Waals surface area contributed by atoms with E-state index in [1.165, 1.54) is 39.5 Å². The van der Waals surface area contributed by atoms with Gasteiger partial charge in [-0.1, -0.05) is 6.07 Å². The number of hydrogen-bond donors (Lipinski definition) is 5. The second-order valence-electron chi connectivity index (χ2n) is 7.92. The predicted octanol–water partition coefficient (Wildman–Crippen LogP) is 0.412. The number of carbonyl (C=O) groups is 1. The van der Waals surface area contributed by atoms with Gasteiger partial charge in [0.1, 0.15) is 41.5 Å². The molecule has 2 aromatic rings. The van der Waals surface area contributed by atoms with E-state index in [-0.39, 0.29) is 29.9 Å². The molecule has 11 heteroatoms. The second kappa shape index (κ2) is 11.6. The van der Waals surface area contributed by atoms with E-state index >= 15 is 0 Å². The van der Waals surface area contributed by atoms with Crippen LogP contribution in [0.15, 0.2) is 30.3 Å². The molecule has 1 saturated heterocycles. The molecule has 192 valence electrons. The minimum atomic E-state index is -1.67. The van der Waals surface area contributed by atoms with Crippen LogP contribution in [-0.2, 0) is 11.2 Å². The van der Waals surface area contributed by atoms with Gasteiger partial charge in [0, 0.05) is 6.42 Å². The van der Waals surface area contributed by atoms with Crippen molar-refractivity contribution in [3.8, 4) is 28.7 Å². The van der Waals surface area contributed by atoms with Crippen molar-refractivity contribution in [1.82, 2.24) is 0 Å². The zero-order valence-corrected chi connectivity index (χ0v) is 19.6. The zero-order chi connectivity index (χ0) is 25.7. The molecule has 0 unspecified atom stereocenters. The van der Waals surface area contributed by atoms with Crippen LogP contribution in [0.4, 0.5) is 0 Å². The largest absolute Gasteiger partial charge is 0.507 e. The summed E-state index contributed by atoms with van der Waals surface area (Å²) in [6.45, 7) is -0.634. The molecule has 1 fully saturated rings. The third kappa shape index (κ3) is 5.60. The zero-order valence-electron chi connectivity index (χ0n) is 19.6. The first-order valence-corrected chi connectivity index (χ1v) is 10.9. The number of phenols is 1. The highest BCUT2D eigenvalue weighted by Gasteiger charge is 2.45. The summed E-state index contributed by atoms with van der Waals surface area (Å²) in [7, 11) is 4.45. The number of ketones is 1. The quantitative estimate of drug-likeness (QED) is 0.291. The van der Waals surface area contributed by atoms with Gasteiger partial charge < -0.3 is 49.2 Å². The molecule has 0 radical (unpaired) electrons. The lowest BCUT2D eigenvalue weighted by molar-refractivity contribution is -0.277. The third-order valence-electron chi connectivity index (χ3n) is 5.74. The van der Waals surface area contributed by atoms with E-state index in [4.69, 9.17) is 23.7 Å². The van der Waals surface area contributed by atoms with E-state index in [2.05, 4.69) is 0 Å². The van der Waals surface area contributed by atoms with Crippen LogP contribution >= 0.6 is 0 Å². The fourth-order valence-electron chi connectivity index (χ4n) is 3.85. The van der Waals surface area contributed by atoms with Crippen molar-refractivity contribution in [1.29, 1.82) is 0 Å². The Bertz CT molecular complexity index is 998. The molecule has 11 nitrogen and oxygen atoms in total. The average molecular weight is 494 g/mol. The van der Waals surface area contributed by atoms with Crippen molar-refractivity contribution in [2.75, 3.05) is 27.9 Å². The smallest absolute Gasteiger partial charge is 0.229 e. The van der Waals surface area contributed by atoms with Crippen molar-refractivity contribution in [2.45, 2.75) is 43.5 Å². The van der Waals surface area contributed by atoms with Crippen LogP contribution in [0, 0.1) is 0 Å². The molecule has 35 heavy (non-hydrogen) atoms. The summed E-state index contributed by atoms with van der Waals surface area (Å²) in [4.78, 5) is 13.1. The summed E-state index contributed by atoms with van der Waals surface area (Å²) in [5, 5.41) is 49.9. The number of aliphatic hydroxyl groups is 4. The summed E-state index contributed by atoms with van der Waals surface area (Å²) in [6.07, 6.45) is -7.33. The Labute approximate surface area is 202 Å². The SMILES string of the molecule is COc1cc(CCC(=O)c2c(O)cccc2O[C@@H]2O[C@H](CO)[C@@H](O)[C@H](O)[C@H]2O)cc(OC)c1OC. The second-order valence-corrected chi connectivity index (χ2v) is 7.92. The minimum absolute atomic E-state index is 0.0265. The number of benzene rings is 2. The van der Waals surface area contributed by atoms with Crippen molar-refractivity contribution in [3.05, 3.63) is 41.5 Å². The lowest BCUT2D eigenvalue weighted by Crippen LogP contribution is -2.60. The first-order valence-electron chi connectivity index (χ1n) is 10.9. The molecule has 1 heterocycles. The molecule has 3 rings (SSSR count). The lowest BCUT2D eigenvalue weighted by atomic mass is 9.99. The van der Waals surface area contributed by atoms with Gasteiger partial charge in [-0.05, 0) is 36.2 Å². The van der Waals surface area contributed by atoms with E-state index in [1.54, 1.807) is 12.1 Å². The molecule has 0 spiro atoms. The van der Waals surface area contributed by atoms with E-state index in [1.807, 2.05) is 0 Å². The van der Waals surface area contributed by atoms with E-state index < -0.39 is 43.1 Å². The molecule has 0 amide bonds. The maximum Gasteiger partial charge on any atom is 0.229 e. The predicted molar refractivity (Wildman–Crippen MR) is 121 cm³/mol. The maximum atomic E-state index is 13.1. The molecular weight excluding hydrogens is 464 g/mol. The Morgan fingerprint density at radius 3 is 2.17 bits per heavy atom. The number of carbonyl (C=O) groups excluding carboxylic acids is 1. The maximum absolute atomic E-state index is 13.1. The number of hydrogen-bond acceptors (Lipinski definition) is 11. The molecule has 0 aliphatic carbocycles. The standard InChI is InChI=1S/C24H30O11/c1-31-16-9-12(10-17(32-2)23(16)33-3)7-8-14(27)19-13(26)5-4-6-15(19)34-24-22(30)21(29)20(28)18(11-25)35-24/h4-6,9-10,18,20-22,24-26,28-30H,7-8,11H2,1-3H3/t18-,20-,21+,22-,24-/m1/s1. The molecule has 2 aromatic carbocycles. The Kier molecular flexibility index (Phi) is 8.76. The molecule has 1 aliphatic heterocycles. The average Bonchev–Trinajstić information content (AvgIpc) is 2.86. The molecular formula is C24H30O11. The highest BCUT2D eigenvalue weighted by Crippen LogP contribution is 2.39. The Hall–Kier alpha value is -3.09. The number of aromatic hydroxyl groups is 1. The Morgan fingerprint density at radius 1 is 0.943 bits per heavy atom. The van der Waals surface area contributed by atoms with Crippen molar-refractivity contribution in [2.24, 2.45) is 0 Å². The van der Waals surface area contributed by atoms with Crippen molar-refractivity contribution >= 4 is 5.78 Å². The van der Waals surface area contributed by atoms with Gasteiger partial charge in [0.2, 0.25) is 12.0 Å². The summed E-state index contributed by atoms with van der Waals surface area (Å²) in [5.41, 5.74) is 0.580. The van der Waals surface area contributed by atoms with Gasteiger partial charge in [-0.3, -0.25) is 4.79 Å². The van der Waals surface area contributed by atoms with E-state index in [0.717, 1.165) is 5.56 Å². The normalized spacial score (nSPS) is 24.0. The highest BCUT2D eigenvalue weighted by atomic mass is 16.7. The number of rotatable bonds is 10. The van der Waals surface area contributed by atoms with Crippen LogP contribution in [0.2, 0.25) is 0 Å². The number of phenolic OH excluding ortho intramolecular Hbond substituents is 1. The first kappa shape index (κ1) is 26.5. The number of ether oxygens (including phenoxy) is 5. The number of methoxy groups -OCH3 is 3. The van der Waals surface area contributed by atoms with Gasteiger partial charge in [0.15, 0.2) is 17.3 Å². The van der Waals surface area contributed by atoms with Gasteiger partial charge in [-0.25, -0.2) is 0 Å². The first-order chi connectivity index (χ1) is 16.7. The Morgan fingerprint density at radius 2 is 1.60 bits per heavy atom. The van der Waals surface area contributed by atoms with E-state index in [9.17, 15) is 30.3 Å². The number of aryl methyl sites for hydroxylation is 1. The molecule has 0 bridgehead atoms. The van der Waals surface area contributed by atoms with Crippen LogP contribution < -0.4 is 18.9 Å². The van der Waals surface area contributed by atoms with Crippen LogP contribution in [-0.4, -0.2) is 90.0 Å². The van der Waals surface area contributed by atoms with Gasteiger partial charge in [-0.2, -0.15) is 0 Å². The summed E-state index contributed by atoms with van der Waals surface area (Å²) >= 11 is 0. The molecule has 0 aromatic heterocycles. The van der Waals surface area contributed by atoms with Gasteiger partial charge in [0.25, 0.3) is 0 Å². The Balaban J connectivity index is 1.81. The minimum Gasteiger partial charge on any atom is -0.507 e. The number of aliphatic hydroxyl groups excluding tert-OH is 4. The summed E-state index contributed by atoms with van der Waals surface area (Å²) < 4.78 is 26.9. The topological polar surface area (TPSA) is 164 Å². The van der Waals surface area contributed by atoms with Crippen LogP contribution in [0.25, 0.3) is 0 Å². The van der Waals surface area contributed by atoms with Crippen LogP contribution in [0.1, 0.15) is 22.3 Å². The number of Topliss-reactive ketones (excluding diaryl/α,β-unsaturated/α-hetero) is 1. The fourth-order valence-corrected chi connectivity index (χ4v) is 3.85. The summed E-state index contributed by atoms with van der Waals surface area (Å²) in [5.74, 6) is 0.385. The van der Waals surface area contributed by atoms with Crippen molar-refractivity contribution in [3.63, 3.8) is 0 Å². The van der Waals surface area contributed by atoms with Gasteiger partial charge in [0.05, 0.1) is 27.9 Å². The molecule has 5 N–H and O–H groups in total. The highest BCUT2D eigenvalue weighted by molar-refractivity contribution is 6.01.